The van der Waals surface area contributed by atoms with Crippen LogP contribution in [-0.2, 0) is 10.8 Å². The zero-order valence-corrected chi connectivity index (χ0v) is 20.0. The number of benzene rings is 1. The van der Waals surface area contributed by atoms with Gasteiger partial charge in [-0.3, -0.25) is 0 Å². The monoisotopic (exact) mass is 426 g/mol. The predicted octanol–water partition coefficient (Wildman–Crippen LogP) is 5.67. The summed E-state index contributed by atoms with van der Waals surface area (Å²) in [4.78, 5) is 0. The third-order valence-corrected chi connectivity index (χ3v) is 10.9. The van der Waals surface area contributed by atoms with Gasteiger partial charge in [-0.2, -0.15) is 0 Å². The molecule has 28 heavy (non-hydrogen) atoms. The Morgan fingerprint density at radius 1 is 1.18 bits per heavy atom. The lowest BCUT2D eigenvalue weighted by molar-refractivity contribution is 0.0511. The first-order valence-electron chi connectivity index (χ1n) is 9.90. The molecule has 0 bridgehead atoms. The number of methoxy groups -OCH3 is 2. The van der Waals surface area contributed by atoms with Gasteiger partial charge in [0.2, 0.25) is 0 Å². The highest BCUT2D eigenvalue weighted by Crippen LogP contribution is 2.43. The average molecular weight is 427 g/mol. The van der Waals surface area contributed by atoms with E-state index in [1.807, 2.05) is 18.2 Å². The molecule has 0 saturated carbocycles. The van der Waals surface area contributed by atoms with Gasteiger partial charge in [-0.05, 0) is 61.2 Å². The second-order valence-corrected chi connectivity index (χ2v) is 14.4. The first-order chi connectivity index (χ1) is 12.9. The van der Waals surface area contributed by atoms with Gasteiger partial charge in [0.1, 0.15) is 0 Å². The number of hydrogen-bond donors (Lipinski definition) is 1. The SMILES string of the molecule is COc1ccc(CCCC2(O)C=C(Cl)C(O[Si](C)(C)C(C)(C)C)C2)cc1OC. The van der Waals surface area contributed by atoms with Crippen LogP contribution in [0.1, 0.15) is 45.6 Å². The zero-order valence-electron chi connectivity index (χ0n) is 18.3. The summed E-state index contributed by atoms with van der Waals surface area (Å²) in [7, 11) is 1.33. The number of ether oxygens (including phenoxy) is 2. The molecule has 1 aromatic carbocycles. The second kappa shape index (κ2) is 8.78. The van der Waals surface area contributed by atoms with Gasteiger partial charge in [0.05, 0.1) is 25.9 Å². The molecule has 2 rings (SSSR count). The van der Waals surface area contributed by atoms with E-state index in [1.165, 1.54) is 0 Å². The first kappa shape index (κ1) is 23.3. The predicted molar refractivity (Wildman–Crippen MR) is 118 cm³/mol. The smallest absolute Gasteiger partial charge is 0.192 e. The van der Waals surface area contributed by atoms with Crippen LogP contribution in [-0.4, -0.2) is 39.3 Å². The van der Waals surface area contributed by atoms with Crippen LogP contribution in [0.5, 0.6) is 11.5 Å². The van der Waals surface area contributed by atoms with Crippen LogP contribution in [0.2, 0.25) is 18.1 Å². The van der Waals surface area contributed by atoms with Gasteiger partial charge in [0.15, 0.2) is 19.8 Å². The van der Waals surface area contributed by atoms with E-state index in [4.69, 9.17) is 25.5 Å². The third-order valence-electron chi connectivity index (χ3n) is 6.02. The van der Waals surface area contributed by atoms with E-state index in [0.717, 1.165) is 29.9 Å². The molecule has 0 radical (unpaired) electrons. The van der Waals surface area contributed by atoms with Crippen LogP contribution in [0, 0.1) is 0 Å². The van der Waals surface area contributed by atoms with Crippen LogP contribution in [0.4, 0.5) is 0 Å². The van der Waals surface area contributed by atoms with E-state index in [2.05, 4.69) is 33.9 Å². The molecule has 6 heteroatoms. The minimum atomic E-state index is -1.94. The summed E-state index contributed by atoms with van der Waals surface area (Å²) in [5, 5.41) is 11.8. The molecule has 0 heterocycles. The summed E-state index contributed by atoms with van der Waals surface area (Å²) < 4.78 is 17.1. The third kappa shape index (κ3) is 5.53. The van der Waals surface area contributed by atoms with E-state index < -0.39 is 13.9 Å². The van der Waals surface area contributed by atoms with Crippen molar-refractivity contribution in [2.45, 2.75) is 76.3 Å². The van der Waals surface area contributed by atoms with Crippen molar-refractivity contribution < 1.29 is 19.0 Å². The van der Waals surface area contributed by atoms with Crippen molar-refractivity contribution >= 4 is 19.9 Å². The van der Waals surface area contributed by atoms with Gasteiger partial charge >= 0.3 is 0 Å². The largest absolute Gasteiger partial charge is 0.493 e. The highest BCUT2D eigenvalue weighted by Gasteiger charge is 2.44. The van der Waals surface area contributed by atoms with Crippen molar-refractivity contribution in [3.05, 3.63) is 34.9 Å². The lowest BCUT2D eigenvalue weighted by Gasteiger charge is -2.39. The van der Waals surface area contributed by atoms with E-state index >= 15 is 0 Å². The normalized spacial score (nSPS) is 22.9. The number of aryl methyl sites for hydroxylation is 1. The van der Waals surface area contributed by atoms with Crippen LogP contribution >= 0.6 is 11.6 Å². The Hall–Kier alpha value is -1.01. The first-order valence-corrected chi connectivity index (χ1v) is 13.2. The summed E-state index contributed by atoms with van der Waals surface area (Å²) >= 11 is 6.46. The fourth-order valence-corrected chi connectivity index (χ4v) is 4.94. The highest BCUT2D eigenvalue weighted by molar-refractivity contribution is 6.74. The van der Waals surface area contributed by atoms with Crippen molar-refractivity contribution in [2.24, 2.45) is 0 Å². The van der Waals surface area contributed by atoms with Crippen LogP contribution in [0.25, 0.3) is 0 Å². The van der Waals surface area contributed by atoms with Crippen molar-refractivity contribution in [3.63, 3.8) is 0 Å². The molecule has 0 saturated heterocycles. The molecular formula is C22H35ClO4Si. The Balaban J connectivity index is 1.95. The van der Waals surface area contributed by atoms with E-state index in [-0.39, 0.29) is 11.1 Å². The Morgan fingerprint density at radius 2 is 1.82 bits per heavy atom. The van der Waals surface area contributed by atoms with Crippen molar-refractivity contribution in [2.75, 3.05) is 14.2 Å². The molecule has 1 N–H and O–H groups in total. The standard InChI is InChI=1S/C22H35ClO4Si/c1-21(2,3)28(6,7)27-20-15-22(24,14-17(20)23)12-8-9-16-10-11-18(25-4)19(13-16)26-5/h10-11,13-14,20,24H,8-9,12,15H2,1-7H3. The lowest BCUT2D eigenvalue weighted by Crippen LogP contribution is -2.44. The summed E-state index contributed by atoms with van der Waals surface area (Å²) in [6, 6.07) is 5.94. The molecule has 1 aliphatic carbocycles. The summed E-state index contributed by atoms with van der Waals surface area (Å²) in [5.74, 6) is 1.45. The molecule has 1 aromatic rings. The lowest BCUT2D eigenvalue weighted by atomic mass is 9.94. The van der Waals surface area contributed by atoms with Crippen molar-refractivity contribution in [1.29, 1.82) is 0 Å². The molecule has 0 spiro atoms. The van der Waals surface area contributed by atoms with Crippen LogP contribution in [0.3, 0.4) is 0 Å². The molecular weight excluding hydrogens is 392 g/mol. The zero-order chi connectivity index (χ0) is 21.2. The van der Waals surface area contributed by atoms with Crippen LogP contribution in [0.15, 0.2) is 29.3 Å². The second-order valence-electron chi connectivity index (χ2n) is 9.25. The van der Waals surface area contributed by atoms with Gasteiger partial charge in [0.25, 0.3) is 0 Å². The highest BCUT2D eigenvalue weighted by atomic mass is 35.5. The van der Waals surface area contributed by atoms with E-state index in [0.29, 0.717) is 17.9 Å². The summed E-state index contributed by atoms with van der Waals surface area (Å²) in [5.41, 5.74) is 0.254. The fourth-order valence-electron chi connectivity index (χ4n) is 3.27. The maximum Gasteiger partial charge on any atom is 0.192 e. The molecule has 0 aromatic heterocycles. The van der Waals surface area contributed by atoms with Gasteiger partial charge in [-0.25, -0.2) is 0 Å². The van der Waals surface area contributed by atoms with Gasteiger partial charge < -0.3 is 19.0 Å². The average Bonchev–Trinajstić information content (AvgIpc) is 2.86. The topological polar surface area (TPSA) is 47.9 Å². The summed E-state index contributed by atoms with van der Waals surface area (Å²) in [6.45, 7) is 11.1. The van der Waals surface area contributed by atoms with E-state index in [9.17, 15) is 5.11 Å². The Labute approximate surface area is 176 Å². The number of halogens is 1. The molecule has 2 atom stereocenters. The maximum atomic E-state index is 11.0. The fraction of sp³-hybridized carbons (Fsp3) is 0.636. The minimum absolute atomic E-state index is 0.109. The Bertz CT molecular complexity index is 711. The molecule has 158 valence electrons. The van der Waals surface area contributed by atoms with Crippen molar-refractivity contribution in [3.8, 4) is 11.5 Å². The number of rotatable bonds is 8. The molecule has 0 amide bonds. The maximum absolute atomic E-state index is 11.0. The van der Waals surface area contributed by atoms with Gasteiger partial charge in [0, 0.05) is 11.5 Å². The quantitative estimate of drug-likeness (QED) is 0.543. The molecule has 0 aliphatic heterocycles. The molecule has 4 nitrogen and oxygen atoms in total. The van der Waals surface area contributed by atoms with E-state index in [1.54, 1.807) is 20.3 Å². The van der Waals surface area contributed by atoms with Crippen molar-refractivity contribution in [1.82, 2.24) is 0 Å². The molecule has 1 aliphatic rings. The minimum Gasteiger partial charge on any atom is -0.493 e. The number of hydrogen-bond acceptors (Lipinski definition) is 4. The number of aliphatic hydroxyl groups is 1. The molecule has 2 unspecified atom stereocenters. The van der Waals surface area contributed by atoms with Gasteiger partial charge in [-0.1, -0.05) is 38.4 Å². The Morgan fingerprint density at radius 3 is 2.39 bits per heavy atom. The molecule has 0 fully saturated rings. The Kier molecular flexibility index (Phi) is 7.30. The summed E-state index contributed by atoms with van der Waals surface area (Å²) in [6.07, 6.45) is 4.47. The van der Waals surface area contributed by atoms with Gasteiger partial charge in [-0.15, -0.1) is 0 Å². The van der Waals surface area contributed by atoms with Crippen LogP contribution < -0.4 is 9.47 Å².